The zero-order chi connectivity index (χ0) is 20.4. The van der Waals surface area contributed by atoms with E-state index in [-0.39, 0.29) is 13.2 Å². The number of ether oxygens (including phenoxy) is 3. The van der Waals surface area contributed by atoms with E-state index in [1.54, 1.807) is 12.1 Å². The molecule has 0 unspecified atom stereocenters. The van der Waals surface area contributed by atoms with Gasteiger partial charge in [0, 0.05) is 13.1 Å². The van der Waals surface area contributed by atoms with Crippen molar-refractivity contribution in [2.45, 2.75) is 20.1 Å². The molecule has 0 saturated heterocycles. The second-order valence-corrected chi connectivity index (χ2v) is 7.11. The van der Waals surface area contributed by atoms with Crippen LogP contribution in [0.3, 0.4) is 0 Å². The summed E-state index contributed by atoms with van der Waals surface area (Å²) in [6.07, 6.45) is 0. The lowest BCUT2D eigenvalue weighted by Gasteiger charge is -2.16. The van der Waals surface area contributed by atoms with Gasteiger partial charge >= 0.3 is 0 Å². The van der Waals surface area contributed by atoms with Gasteiger partial charge in [-0.05, 0) is 42.3 Å². The van der Waals surface area contributed by atoms with Gasteiger partial charge in [-0.25, -0.2) is 0 Å². The fourth-order valence-corrected chi connectivity index (χ4v) is 3.06. The minimum absolute atomic E-state index is 0.0248. The van der Waals surface area contributed by atoms with Crippen molar-refractivity contribution in [3.05, 3.63) is 56.5 Å². The molecule has 2 aromatic carbocycles. The van der Waals surface area contributed by atoms with E-state index in [2.05, 4.69) is 5.32 Å². The van der Waals surface area contributed by atoms with Crippen molar-refractivity contribution in [1.29, 1.82) is 0 Å². The van der Waals surface area contributed by atoms with Gasteiger partial charge in [0.2, 0.25) is 0 Å². The zero-order valence-electron chi connectivity index (χ0n) is 15.6. The maximum atomic E-state index is 8.68. The molecular formula is C20H24Cl3NO4. The van der Waals surface area contributed by atoms with Crippen molar-refractivity contribution in [2.75, 3.05) is 33.0 Å². The standard InChI is InChI=1S/C20H24Cl3NO4/c1-2-27-19-11-15(12-24-5-7-26-8-6-25)10-18(23)20(19)28-13-14-3-4-16(21)17(22)9-14/h3-4,9-11,24-25H,2,5-8,12-13H2,1H3. The first-order chi connectivity index (χ1) is 13.5. The van der Waals surface area contributed by atoms with Crippen molar-refractivity contribution < 1.29 is 19.3 Å². The molecule has 2 N–H and O–H groups in total. The van der Waals surface area contributed by atoms with Crippen LogP contribution in [0.15, 0.2) is 30.3 Å². The second kappa shape index (κ2) is 12.4. The first kappa shape index (κ1) is 23.1. The molecule has 5 nitrogen and oxygen atoms in total. The molecule has 0 fully saturated rings. The minimum Gasteiger partial charge on any atom is -0.490 e. The average molecular weight is 449 g/mol. The van der Waals surface area contributed by atoms with Gasteiger partial charge in [0.05, 0.1) is 41.5 Å². The van der Waals surface area contributed by atoms with E-state index in [1.165, 1.54) is 0 Å². The summed E-state index contributed by atoms with van der Waals surface area (Å²) < 4.78 is 16.8. The third-order valence-corrected chi connectivity index (χ3v) is 4.74. The minimum atomic E-state index is 0.0248. The monoisotopic (exact) mass is 447 g/mol. The predicted molar refractivity (Wildman–Crippen MR) is 113 cm³/mol. The smallest absolute Gasteiger partial charge is 0.180 e. The SMILES string of the molecule is CCOc1cc(CNCCOCCO)cc(Cl)c1OCc1ccc(Cl)c(Cl)c1. The third kappa shape index (κ3) is 7.32. The van der Waals surface area contributed by atoms with Crippen molar-refractivity contribution in [2.24, 2.45) is 0 Å². The third-order valence-electron chi connectivity index (χ3n) is 3.72. The van der Waals surface area contributed by atoms with Crippen LogP contribution in [-0.2, 0) is 17.9 Å². The van der Waals surface area contributed by atoms with Gasteiger partial charge in [-0.1, -0.05) is 40.9 Å². The molecule has 2 rings (SSSR count). The Balaban J connectivity index is 2.01. The lowest BCUT2D eigenvalue weighted by molar-refractivity contribution is 0.0938. The number of halogens is 3. The Hall–Kier alpha value is -1.21. The lowest BCUT2D eigenvalue weighted by Crippen LogP contribution is -2.20. The van der Waals surface area contributed by atoms with Gasteiger partial charge in [0.15, 0.2) is 11.5 Å². The number of rotatable bonds is 12. The second-order valence-electron chi connectivity index (χ2n) is 5.89. The Morgan fingerprint density at radius 2 is 1.71 bits per heavy atom. The van der Waals surface area contributed by atoms with Crippen LogP contribution in [0.5, 0.6) is 11.5 Å². The van der Waals surface area contributed by atoms with Crippen LogP contribution in [0, 0.1) is 0 Å². The topological polar surface area (TPSA) is 60.0 Å². The Kier molecular flexibility index (Phi) is 10.2. The zero-order valence-corrected chi connectivity index (χ0v) is 17.9. The number of hydrogen-bond donors (Lipinski definition) is 2. The maximum absolute atomic E-state index is 8.68. The molecule has 2 aromatic rings. The first-order valence-electron chi connectivity index (χ1n) is 8.96. The van der Waals surface area contributed by atoms with Gasteiger partial charge in [-0.2, -0.15) is 0 Å². The fourth-order valence-electron chi connectivity index (χ4n) is 2.46. The van der Waals surface area contributed by atoms with Gasteiger partial charge in [-0.3, -0.25) is 0 Å². The van der Waals surface area contributed by atoms with Gasteiger partial charge in [0.25, 0.3) is 0 Å². The lowest BCUT2D eigenvalue weighted by atomic mass is 10.2. The summed E-state index contributed by atoms with van der Waals surface area (Å²) in [7, 11) is 0. The summed E-state index contributed by atoms with van der Waals surface area (Å²) in [4.78, 5) is 0. The molecule has 0 aromatic heterocycles. The van der Waals surface area contributed by atoms with E-state index in [0.29, 0.717) is 59.5 Å². The Morgan fingerprint density at radius 3 is 2.43 bits per heavy atom. The molecule has 0 radical (unpaired) electrons. The van der Waals surface area contributed by atoms with E-state index in [0.717, 1.165) is 11.1 Å². The fraction of sp³-hybridized carbons (Fsp3) is 0.400. The highest BCUT2D eigenvalue weighted by Gasteiger charge is 2.13. The highest BCUT2D eigenvalue weighted by Crippen LogP contribution is 2.37. The molecule has 0 aliphatic rings. The van der Waals surface area contributed by atoms with Crippen LogP contribution in [0.2, 0.25) is 15.1 Å². The Morgan fingerprint density at radius 1 is 0.929 bits per heavy atom. The van der Waals surface area contributed by atoms with E-state index in [4.69, 9.17) is 54.1 Å². The summed E-state index contributed by atoms with van der Waals surface area (Å²) in [5.74, 6) is 1.08. The number of hydrogen-bond acceptors (Lipinski definition) is 5. The molecule has 0 aliphatic heterocycles. The molecule has 154 valence electrons. The van der Waals surface area contributed by atoms with Crippen LogP contribution < -0.4 is 14.8 Å². The summed E-state index contributed by atoms with van der Waals surface area (Å²) in [5, 5.41) is 13.4. The molecule has 8 heteroatoms. The molecule has 0 spiro atoms. The predicted octanol–water partition coefficient (Wildman–Crippen LogP) is 4.72. The largest absolute Gasteiger partial charge is 0.490 e. The van der Waals surface area contributed by atoms with Crippen LogP contribution in [0.25, 0.3) is 0 Å². The normalized spacial score (nSPS) is 10.9. The summed E-state index contributed by atoms with van der Waals surface area (Å²) in [6, 6.07) is 9.08. The molecule has 0 heterocycles. The average Bonchev–Trinajstić information content (AvgIpc) is 2.67. The van der Waals surface area contributed by atoms with E-state index < -0.39 is 0 Å². The molecule has 0 aliphatic carbocycles. The number of aliphatic hydroxyl groups excluding tert-OH is 1. The molecule has 0 atom stereocenters. The van der Waals surface area contributed by atoms with Gasteiger partial charge < -0.3 is 24.6 Å². The van der Waals surface area contributed by atoms with Gasteiger partial charge in [0.1, 0.15) is 6.61 Å². The maximum Gasteiger partial charge on any atom is 0.180 e. The van der Waals surface area contributed by atoms with Crippen LogP contribution in [-0.4, -0.2) is 38.1 Å². The van der Waals surface area contributed by atoms with Crippen LogP contribution in [0.1, 0.15) is 18.1 Å². The van der Waals surface area contributed by atoms with Crippen LogP contribution >= 0.6 is 34.8 Å². The first-order valence-corrected chi connectivity index (χ1v) is 10.1. The highest BCUT2D eigenvalue weighted by atomic mass is 35.5. The van der Waals surface area contributed by atoms with Gasteiger partial charge in [-0.15, -0.1) is 0 Å². The molecule has 28 heavy (non-hydrogen) atoms. The van der Waals surface area contributed by atoms with Crippen LogP contribution in [0.4, 0.5) is 0 Å². The summed E-state index contributed by atoms with van der Waals surface area (Å²) >= 11 is 18.4. The molecule has 0 amide bonds. The number of nitrogens with one attached hydrogen (secondary N) is 1. The quantitative estimate of drug-likeness (QED) is 0.460. The highest BCUT2D eigenvalue weighted by molar-refractivity contribution is 6.42. The number of aliphatic hydroxyl groups is 1. The molecule has 0 bridgehead atoms. The van der Waals surface area contributed by atoms with Crippen molar-refractivity contribution >= 4 is 34.8 Å². The van der Waals surface area contributed by atoms with Crippen molar-refractivity contribution in [3.8, 4) is 11.5 Å². The summed E-state index contributed by atoms with van der Waals surface area (Å²) in [6.45, 7) is 4.84. The summed E-state index contributed by atoms with van der Waals surface area (Å²) in [5.41, 5.74) is 1.85. The van der Waals surface area contributed by atoms with Crippen molar-refractivity contribution in [3.63, 3.8) is 0 Å². The van der Waals surface area contributed by atoms with Crippen molar-refractivity contribution in [1.82, 2.24) is 5.32 Å². The molecular weight excluding hydrogens is 425 g/mol. The Labute approximate surface area is 180 Å². The molecule has 0 saturated carbocycles. The van der Waals surface area contributed by atoms with E-state index >= 15 is 0 Å². The Bertz CT molecular complexity index is 758. The number of benzene rings is 2. The van der Waals surface area contributed by atoms with E-state index in [9.17, 15) is 0 Å². The van der Waals surface area contributed by atoms with E-state index in [1.807, 2.05) is 25.1 Å².